The molecule has 1 amide bonds. The van der Waals surface area contributed by atoms with Crippen molar-refractivity contribution in [3.05, 3.63) is 36.2 Å². The highest BCUT2D eigenvalue weighted by atomic mass is 16.5. The highest BCUT2D eigenvalue weighted by Crippen LogP contribution is 2.28. The molecule has 28 heavy (non-hydrogen) atoms. The van der Waals surface area contributed by atoms with E-state index < -0.39 is 0 Å². The average Bonchev–Trinajstić information content (AvgIpc) is 3.19. The van der Waals surface area contributed by atoms with E-state index in [1.54, 1.807) is 6.20 Å². The smallest absolute Gasteiger partial charge is 0.222 e. The second kappa shape index (κ2) is 8.84. The van der Waals surface area contributed by atoms with E-state index in [2.05, 4.69) is 27.4 Å². The molecule has 0 unspecified atom stereocenters. The summed E-state index contributed by atoms with van der Waals surface area (Å²) in [5, 5.41) is 7.73. The number of carbonyl (C=O) groups is 1. The molecule has 0 saturated carbocycles. The van der Waals surface area contributed by atoms with E-state index in [1.807, 2.05) is 29.2 Å². The lowest BCUT2D eigenvalue weighted by atomic mass is 9.81. The first-order chi connectivity index (χ1) is 13.7. The maximum atomic E-state index is 12.8. The van der Waals surface area contributed by atoms with Crippen LogP contribution in [0.25, 0.3) is 11.5 Å². The molecule has 2 aromatic rings. The van der Waals surface area contributed by atoms with Crippen molar-refractivity contribution in [1.82, 2.24) is 25.3 Å². The zero-order valence-electron chi connectivity index (χ0n) is 16.5. The topological polar surface area (TPSA) is 74.5 Å². The first-order valence-corrected chi connectivity index (χ1v) is 10.2. The second-order valence-electron chi connectivity index (χ2n) is 8.00. The van der Waals surface area contributed by atoms with Crippen LogP contribution in [0.15, 0.2) is 35.0 Å². The summed E-state index contributed by atoms with van der Waals surface area (Å²) in [5.41, 5.74) is 1.73. The van der Waals surface area contributed by atoms with Crippen molar-refractivity contribution < 1.29 is 9.32 Å². The van der Waals surface area contributed by atoms with Gasteiger partial charge >= 0.3 is 0 Å². The maximum absolute atomic E-state index is 12.8. The fraction of sp³-hybridized carbons (Fsp3) is 0.571. The average molecular weight is 383 g/mol. The van der Waals surface area contributed by atoms with Gasteiger partial charge in [-0.15, -0.1) is 0 Å². The monoisotopic (exact) mass is 383 g/mol. The Bertz CT molecular complexity index is 770. The van der Waals surface area contributed by atoms with Crippen molar-refractivity contribution in [2.45, 2.75) is 19.3 Å². The summed E-state index contributed by atoms with van der Waals surface area (Å²) in [6.07, 6.45) is 4.25. The van der Waals surface area contributed by atoms with Crippen LogP contribution < -0.4 is 5.32 Å². The Labute approximate surface area is 166 Å². The van der Waals surface area contributed by atoms with E-state index in [-0.39, 0.29) is 0 Å². The van der Waals surface area contributed by atoms with Crippen LogP contribution >= 0.6 is 0 Å². The normalized spacial score (nSPS) is 23.7. The third-order valence-corrected chi connectivity index (χ3v) is 6.01. The minimum atomic E-state index is 0.305. The molecular weight excluding hydrogens is 354 g/mol. The van der Waals surface area contributed by atoms with Crippen LogP contribution in [-0.2, 0) is 11.2 Å². The second-order valence-corrected chi connectivity index (χ2v) is 8.00. The van der Waals surface area contributed by atoms with E-state index in [0.717, 1.165) is 63.5 Å². The van der Waals surface area contributed by atoms with E-state index in [4.69, 9.17) is 4.52 Å². The number of piperazine rings is 1. The molecule has 4 rings (SSSR count). The summed E-state index contributed by atoms with van der Waals surface area (Å²) >= 11 is 0. The number of piperidine rings is 1. The lowest BCUT2D eigenvalue weighted by molar-refractivity contribution is -0.134. The molecule has 0 radical (unpaired) electrons. The SMILES string of the molecule is CN1CCN(C(=O)C[C@H]2CCNC[C@@H]2Cc2cc(-c3ccccn3)on2)CC1. The molecule has 4 heterocycles. The first kappa shape index (κ1) is 19.1. The van der Waals surface area contributed by atoms with Gasteiger partial charge in [0.05, 0.1) is 5.69 Å². The quantitative estimate of drug-likeness (QED) is 0.847. The molecule has 1 N–H and O–H groups in total. The van der Waals surface area contributed by atoms with Gasteiger partial charge in [0, 0.05) is 44.9 Å². The Kier molecular flexibility index (Phi) is 6.02. The van der Waals surface area contributed by atoms with E-state index >= 15 is 0 Å². The third kappa shape index (κ3) is 4.59. The third-order valence-electron chi connectivity index (χ3n) is 6.01. The van der Waals surface area contributed by atoms with E-state index in [1.165, 1.54) is 0 Å². The molecule has 0 bridgehead atoms. The molecule has 2 atom stereocenters. The zero-order chi connectivity index (χ0) is 19.3. The summed E-state index contributed by atoms with van der Waals surface area (Å²) in [6, 6.07) is 7.73. The Morgan fingerprint density at radius 2 is 2.11 bits per heavy atom. The standard InChI is InChI=1S/C21H29N5O2/c1-25-8-10-26(11-9-25)21(27)13-16-5-7-22-15-17(16)12-18-14-20(28-24-18)19-4-2-3-6-23-19/h2-4,6,14,16-17,22H,5,7-13,15H2,1H3/t16-,17+/m1/s1. The van der Waals surface area contributed by atoms with Crippen LogP contribution in [0, 0.1) is 11.8 Å². The molecule has 0 aliphatic carbocycles. The molecule has 2 aliphatic heterocycles. The van der Waals surface area contributed by atoms with Crippen LogP contribution in [0.3, 0.4) is 0 Å². The number of hydrogen-bond acceptors (Lipinski definition) is 6. The Balaban J connectivity index is 1.37. The summed E-state index contributed by atoms with van der Waals surface area (Å²) < 4.78 is 5.50. The summed E-state index contributed by atoms with van der Waals surface area (Å²) in [5.74, 6) is 1.79. The number of nitrogens with one attached hydrogen (secondary N) is 1. The number of aromatic nitrogens is 2. The van der Waals surface area contributed by atoms with Crippen LogP contribution in [0.2, 0.25) is 0 Å². The predicted octanol–water partition coefficient (Wildman–Crippen LogP) is 1.67. The maximum Gasteiger partial charge on any atom is 0.222 e. The summed E-state index contributed by atoms with van der Waals surface area (Å²) in [6.45, 7) is 5.54. The van der Waals surface area contributed by atoms with Crippen LogP contribution in [0.5, 0.6) is 0 Å². The van der Waals surface area contributed by atoms with Crippen molar-refractivity contribution in [2.24, 2.45) is 11.8 Å². The number of rotatable bonds is 5. The van der Waals surface area contributed by atoms with Crippen molar-refractivity contribution in [3.8, 4) is 11.5 Å². The van der Waals surface area contributed by atoms with Crippen LogP contribution in [-0.4, -0.2) is 72.2 Å². The van der Waals surface area contributed by atoms with Crippen molar-refractivity contribution in [3.63, 3.8) is 0 Å². The highest BCUT2D eigenvalue weighted by molar-refractivity contribution is 5.76. The van der Waals surface area contributed by atoms with Gasteiger partial charge in [0.2, 0.25) is 5.91 Å². The molecule has 7 heteroatoms. The van der Waals surface area contributed by atoms with Crippen LogP contribution in [0.4, 0.5) is 0 Å². The van der Waals surface area contributed by atoms with Gasteiger partial charge < -0.3 is 19.6 Å². The molecule has 0 aromatic carbocycles. The fourth-order valence-corrected chi connectivity index (χ4v) is 4.20. The summed E-state index contributed by atoms with van der Waals surface area (Å²) in [4.78, 5) is 21.4. The van der Waals surface area contributed by atoms with Gasteiger partial charge in [-0.1, -0.05) is 11.2 Å². The molecule has 2 saturated heterocycles. The summed E-state index contributed by atoms with van der Waals surface area (Å²) in [7, 11) is 2.11. The predicted molar refractivity (Wildman–Crippen MR) is 107 cm³/mol. The minimum absolute atomic E-state index is 0.305. The van der Waals surface area contributed by atoms with Crippen molar-refractivity contribution in [1.29, 1.82) is 0 Å². The lowest BCUT2D eigenvalue weighted by Crippen LogP contribution is -2.48. The molecule has 2 fully saturated rings. The first-order valence-electron chi connectivity index (χ1n) is 10.2. The minimum Gasteiger partial charge on any atom is -0.354 e. The van der Waals surface area contributed by atoms with Crippen LogP contribution in [0.1, 0.15) is 18.5 Å². The van der Waals surface area contributed by atoms with Gasteiger partial charge in [-0.25, -0.2) is 0 Å². The molecule has 150 valence electrons. The largest absolute Gasteiger partial charge is 0.354 e. The Hall–Kier alpha value is -2.25. The molecule has 2 aliphatic rings. The van der Waals surface area contributed by atoms with E-state index in [0.29, 0.717) is 29.9 Å². The van der Waals surface area contributed by atoms with Gasteiger partial charge in [0.1, 0.15) is 5.69 Å². The van der Waals surface area contributed by atoms with E-state index in [9.17, 15) is 4.79 Å². The molecular formula is C21H29N5O2. The van der Waals surface area contributed by atoms with Gasteiger partial charge in [-0.3, -0.25) is 9.78 Å². The number of carbonyl (C=O) groups excluding carboxylic acids is 1. The fourth-order valence-electron chi connectivity index (χ4n) is 4.20. The highest BCUT2D eigenvalue weighted by Gasteiger charge is 2.30. The number of likely N-dealkylation sites (N-methyl/N-ethyl adjacent to an activating group) is 1. The number of hydrogen-bond donors (Lipinski definition) is 1. The van der Waals surface area contributed by atoms with Crippen molar-refractivity contribution >= 4 is 5.91 Å². The van der Waals surface area contributed by atoms with Gasteiger partial charge in [0.25, 0.3) is 0 Å². The molecule has 7 nitrogen and oxygen atoms in total. The Morgan fingerprint density at radius 3 is 2.89 bits per heavy atom. The lowest BCUT2D eigenvalue weighted by Gasteiger charge is -2.36. The number of nitrogens with zero attached hydrogens (tertiary/aromatic N) is 4. The molecule has 0 spiro atoms. The number of amides is 1. The molecule has 2 aromatic heterocycles. The van der Waals surface area contributed by atoms with Gasteiger partial charge in [0.15, 0.2) is 5.76 Å². The zero-order valence-corrected chi connectivity index (χ0v) is 16.5. The van der Waals surface area contributed by atoms with Gasteiger partial charge in [-0.2, -0.15) is 0 Å². The van der Waals surface area contributed by atoms with Gasteiger partial charge in [-0.05, 0) is 56.9 Å². The van der Waals surface area contributed by atoms with Crippen molar-refractivity contribution in [2.75, 3.05) is 46.3 Å². The Morgan fingerprint density at radius 1 is 1.25 bits per heavy atom. The number of pyridine rings is 1.